The first-order valence-corrected chi connectivity index (χ1v) is 7.23. The van der Waals surface area contributed by atoms with Crippen LogP contribution in [0.25, 0.3) is 0 Å². The van der Waals surface area contributed by atoms with Gasteiger partial charge in [-0.2, -0.15) is 0 Å². The van der Waals surface area contributed by atoms with E-state index < -0.39 is 0 Å². The summed E-state index contributed by atoms with van der Waals surface area (Å²) in [5, 5.41) is 9.81. The Morgan fingerprint density at radius 2 is 2.11 bits per heavy atom. The van der Waals surface area contributed by atoms with Gasteiger partial charge in [0.1, 0.15) is 11.6 Å². The quantitative estimate of drug-likeness (QED) is 0.884. The van der Waals surface area contributed by atoms with Crippen molar-refractivity contribution in [1.82, 2.24) is 9.97 Å². The van der Waals surface area contributed by atoms with Crippen molar-refractivity contribution in [2.24, 2.45) is 11.3 Å². The van der Waals surface area contributed by atoms with E-state index in [0.29, 0.717) is 12.5 Å². The fraction of sp³-hybridized carbons (Fsp3) is 0.733. The largest absolute Gasteiger partial charge is 0.396 e. The van der Waals surface area contributed by atoms with Crippen LogP contribution in [-0.2, 0) is 0 Å². The van der Waals surface area contributed by atoms with Crippen molar-refractivity contribution >= 4 is 5.82 Å². The van der Waals surface area contributed by atoms with Gasteiger partial charge in [-0.05, 0) is 39.5 Å². The second kappa shape index (κ2) is 4.44. The van der Waals surface area contributed by atoms with Crippen LogP contribution in [0.5, 0.6) is 0 Å². The molecule has 2 fully saturated rings. The maximum absolute atomic E-state index is 9.81. The lowest BCUT2D eigenvalue weighted by Crippen LogP contribution is -2.31. The number of aliphatic hydroxyl groups excluding tert-OH is 1. The molecule has 1 N–H and O–H groups in total. The van der Waals surface area contributed by atoms with Crippen molar-refractivity contribution in [1.29, 1.82) is 0 Å². The van der Waals surface area contributed by atoms with Gasteiger partial charge in [-0.25, -0.2) is 9.97 Å². The average Bonchev–Trinajstić information content (AvgIpc) is 2.90. The summed E-state index contributed by atoms with van der Waals surface area (Å²) >= 11 is 0. The van der Waals surface area contributed by atoms with Gasteiger partial charge in [0.15, 0.2) is 0 Å². The zero-order valence-electron chi connectivity index (χ0n) is 12.1. The third-order valence-corrected chi connectivity index (χ3v) is 5.13. The molecular formula is C15H23N3O. The molecule has 1 aromatic rings. The number of aryl methyl sites for hydroxylation is 2. The summed E-state index contributed by atoms with van der Waals surface area (Å²) in [5.41, 5.74) is 2.37. The Bertz CT molecular complexity index is 502. The summed E-state index contributed by atoms with van der Waals surface area (Å²) in [6.07, 6.45) is 3.67. The monoisotopic (exact) mass is 261 g/mol. The predicted octanol–water partition coefficient (Wildman–Crippen LogP) is 2.00. The Hall–Kier alpha value is -1.16. The standard InChI is InChI=1S/C15H23N3O/c1-10-11(2)16-12(3)17-14(10)18-7-13-5-4-6-15(13,8-18)9-19/h13,19H,4-9H2,1-3H3/t13-,15+/m0/s1. The highest BCUT2D eigenvalue weighted by molar-refractivity contribution is 5.50. The van der Waals surface area contributed by atoms with Crippen molar-refractivity contribution in [3.05, 3.63) is 17.1 Å². The van der Waals surface area contributed by atoms with Gasteiger partial charge in [-0.15, -0.1) is 0 Å². The fourth-order valence-electron chi connectivity index (χ4n) is 3.89. The van der Waals surface area contributed by atoms with Gasteiger partial charge in [0.25, 0.3) is 0 Å². The van der Waals surface area contributed by atoms with Gasteiger partial charge in [-0.3, -0.25) is 0 Å². The molecular weight excluding hydrogens is 238 g/mol. The van der Waals surface area contributed by atoms with Crippen LogP contribution in [0.15, 0.2) is 0 Å². The lowest BCUT2D eigenvalue weighted by Gasteiger charge is -2.27. The lowest BCUT2D eigenvalue weighted by atomic mass is 9.82. The smallest absolute Gasteiger partial charge is 0.135 e. The van der Waals surface area contributed by atoms with Gasteiger partial charge in [0.2, 0.25) is 0 Å². The second-order valence-electron chi connectivity index (χ2n) is 6.29. The summed E-state index contributed by atoms with van der Waals surface area (Å²) in [6, 6.07) is 0. The van der Waals surface area contributed by atoms with Crippen molar-refractivity contribution in [3.63, 3.8) is 0 Å². The Balaban J connectivity index is 1.93. The van der Waals surface area contributed by atoms with Crippen LogP contribution >= 0.6 is 0 Å². The molecule has 4 heteroatoms. The van der Waals surface area contributed by atoms with E-state index in [0.717, 1.165) is 36.8 Å². The Morgan fingerprint density at radius 1 is 1.32 bits per heavy atom. The Morgan fingerprint density at radius 3 is 2.79 bits per heavy atom. The van der Waals surface area contributed by atoms with Crippen LogP contribution < -0.4 is 4.90 Å². The molecule has 104 valence electrons. The molecule has 1 saturated carbocycles. The first kappa shape index (κ1) is 12.9. The molecule has 2 heterocycles. The molecule has 0 unspecified atom stereocenters. The molecule has 1 aromatic heterocycles. The SMILES string of the molecule is Cc1nc(C)c(C)c(N2C[C@@H]3CCC[C@]3(CO)C2)n1. The molecule has 1 aliphatic carbocycles. The van der Waals surface area contributed by atoms with Crippen LogP contribution in [-0.4, -0.2) is 34.8 Å². The minimum absolute atomic E-state index is 0.124. The zero-order chi connectivity index (χ0) is 13.6. The Labute approximate surface area is 114 Å². The predicted molar refractivity (Wildman–Crippen MR) is 75.3 cm³/mol. The number of aromatic nitrogens is 2. The summed E-state index contributed by atoms with van der Waals surface area (Å²) in [6.45, 7) is 8.41. The summed E-state index contributed by atoms with van der Waals surface area (Å²) in [5.74, 6) is 2.55. The van der Waals surface area contributed by atoms with Crippen LogP contribution in [0.2, 0.25) is 0 Å². The lowest BCUT2D eigenvalue weighted by molar-refractivity contribution is 0.121. The highest BCUT2D eigenvalue weighted by Gasteiger charge is 2.49. The van der Waals surface area contributed by atoms with E-state index in [4.69, 9.17) is 0 Å². The summed E-state index contributed by atoms with van der Waals surface area (Å²) in [7, 11) is 0. The number of aliphatic hydroxyl groups is 1. The third kappa shape index (κ3) is 1.93. The van der Waals surface area contributed by atoms with Gasteiger partial charge in [0, 0.05) is 29.8 Å². The second-order valence-corrected chi connectivity index (χ2v) is 6.29. The number of hydrogen-bond donors (Lipinski definition) is 1. The number of nitrogens with zero attached hydrogens (tertiary/aromatic N) is 3. The van der Waals surface area contributed by atoms with Crippen molar-refractivity contribution in [2.45, 2.75) is 40.0 Å². The van der Waals surface area contributed by atoms with Crippen LogP contribution in [0, 0.1) is 32.1 Å². The van der Waals surface area contributed by atoms with Crippen molar-refractivity contribution < 1.29 is 5.11 Å². The molecule has 2 atom stereocenters. The third-order valence-electron chi connectivity index (χ3n) is 5.13. The minimum Gasteiger partial charge on any atom is -0.396 e. The molecule has 0 bridgehead atoms. The summed E-state index contributed by atoms with van der Waals surface area (Å²) < 4.78 is 0. The van der Waals surface area contributed by atoms with E-state index >= 15 is 0 Å². The Kier molecular flexibility index (Phi) is 3.01. The first-order valence-electron chi connectivity index (χ1n) is 7.23. The minimum atomic E-state index is 0.124. The number of hydrogen-bond acceptors (Lipinski definition) is 4. The van der Waals surface area contributed by atoms with Crippen LogP contribution in [0.3, 0.4) is 0 Å². The van der Waals surface area contributed by atoms with Crippen molar-refractivity contribution in [3.8, 4) is 0 Å². The molecule has 4 nitrogen and oxygen atoms in total. The number of rotatable bonds is 2. The first-order chi connectivity index (χ1) is 9.05. The molecule has 2 aliphatic rings. The van der Waals surface area contributed by atoms with Gasteiger partial charge in [-0.1, -0.05) is 6.42 Å². The van der Waals surface area contributed by atoms with Crippen LogP contribution in [0.1, 0.15) is 36.3 Å². The topological polar surface area (TPSA) is 49.2 Å². The molecule has 0 aromatic carbocycles. The molecule has 0 spiro atoms. The van der Waals surface area contributed by atoms with E-state index in [2.05, 4.69) is 21.8 Å². The van der Waals surface area contributed by atoms with E-state index in [-0.39, 0.29) is 5.41 Å². The maximum atomic E-state index is 9.81. The van der Waals surface area contributed by atoms with E-state index in [1.54, 1.807) is 0 Å². The molecule has 0 radical (unpaired) electrons. The van der Waals surface area contributed by atoms with Gasteiger partial charge >= 0.3 is 0 Å². The van der Waals surface area contributed by atoms with Gasteiger partial charge < -0.3 is 10.0 Å². The molecule has 3 rings (SSSR count). The maximum Gasteiger partial charge on any atom is 0.135 e. The van der Waals surface area contributed by atoms with Gasteiger partial charge in [0.05, 0.1) is 6.61 Å². The summed E-state index contributed by atoms with van der Waals surface area (Å²) in [4.78, 5) is 11.4. The number of anilines is 1. The van der Waals surface area contributed by atoms with E-state index in [1.165, 1.54) is 18.4 Å². The number of fused-ring (bicyclic) bond motifs is 1. The molecule has 1 saturated heterocycles. The molecule has 0 amide bonds. The van der Waals surface area contributed by atoms with Crippen molar-refractivity contribution in [2.75, 3.05) is 24.6 Å². The highest BCUT2D eigenvalue weighted by Crippen LogP contribution is 2.49. The molecule has 1 aliphatic heterocycles. The van der Waals surface area contributed by atoms with E-state index in [9.17, 15) is 5.11 Å². The van der Waals surface area contributed by atoms with Crippen LogP contribution in [0.4, 0.5) is 5.82 Å². The van der Waals surface area contributed by atoms with E-state index in [1.807, 2.05) is 13.8 Å². The average molecular weight is 261 g/mol. The zero-order valence-corrected chi connectivity index (χ0v) is 12.1. The fourth-order valence-corrected chi connectivity index (χ4v) is 3.89. The molecule has 19 heavy (non-hydrogen) atoms. The normalized spacial score (nSPS) is 29.9. The highest BCUT2D eigenvalue weighted by atomic mass is 16.3.